The third-order valence-electron chi connectivity index (χ3n) is 2.05. The second-order valence-electron chi connectivity index (χ2n) is 3.18. The van der Waals surface area contributed by atoms with Crippen LogP contribution >= 0.6 is 23.2 Å². The maximum absolute atomic E-state index is 5.93. The van der Waals surface area contributed by atoms with E-state index in [-0.39, 0.29) is 0 Å². The van der Waals surface area contributed by atoms with Crippen molar-refractivity contribution in [2.75, 3.05) is 5.32 Å². The van der Waals surface area contributed by atoms with Crippen LogP contribution in [0.15, 0.2) is 36.7 Å². The normalized spacial score (nSPS) is 10.1. The van der Waals surface area contributed by atoms with E-state index >= 15 is 0 Å². The number of pyridine rings is 2. The van der Waals surface area contributed by atoms with Gasteiger partial charge in [0.15, 0.2) is 0 Å². The highest BCUT2D eigenvalue weighted by atomic mass is 35.5. The van der Waals surface area contributed by atoms with E-state index in [0.717, 1.165) is 11.3 Å². The second-order valence-corrected chi connectivity index (χ2v) is 3.92. The average Bonchev–Trinajstić information content (AvgIpc) is 2.30. The Morgan fingerprint density at radius 1 is 1.12 bits per heavy atom. The molecule has 2 rings (SSSR count). The smallest absolute Gasteiger partial charge is 0.133 e. The minimum Gasteiger partial charge on any atom is -0.380 e. The van der Waals surface area contributed by atoms with E-state index < -0.39 is 0 Å². The van der Waals surface area contributed by atoms with E-state index in [1.54, 1.807) is 18.5 Å². The third-order valence-corrected chi connectivity index (χ3v) is 2.61. The summed E-state index contributed by atoms with van der Waals surface area (Å²) in [5, 5.41) is 4.17. The number of nitrogens with zero attached hydrogens (tertiary/aromatic N) is 2. The van der Waals surface area contributed by atoms with Crippen molar-refractivity contribution < 1.29 is 0 Å². The molecule has 0 radical (unpaired) electrons. The lowest BCUT2D eigenvalue weighted by Crippen LogP contribution is -2.00. The molecule has 0 aliphatic rings. The average molecular weight is 254 g/mol. The Balaban J connectivity index is 2.02. The zero-order valence-corrected chi connectivity index (χ0v) is 9.83. The van der Waals surface area contributed by atoms with Gasteiger partial charge in [-0.15, -0.1) is 0 Å². The summed E-state index contributed by atoms with van der Waals surface area (Å²) in [5.74, 6) is 0. The van der Waals surface area contributed by atoms with E-state index in [1.807, 2.05) is 18.2 Å². The highest BCUT2D eigenvalue weighted by Gasteiger charge is 2.00. The molecular formula is C11H9Cl2N3. The molecule has 0 unspecified atom stereocenters. The highest BCUT2D eigenvalue weighted by molar-refractivity contribution is 6.30. The lowest BCUT2D eigenvalue weighted by atomic mass is 10.3. The Kier molecular flexibility index (Phi) is 3.59. The number of nitrogens with one attached hydrogen (secondary N) is 1. The first-order valence-electron chi connectivity index (χ1n) is 4.70. The molecule has 1 N–H and O–H groups in total. The fraction of sp³-hybridized carbons (Fsp3) is 0.0909. The van der Waals surface area contributed by atoms with Crippen LogP contribution in [0.4, 0.5) is 5.69 Å². The van der Waals surface area contributed by atoms with Gasteiger partial charge in [-0.3, -0.25) is 0 Å². The van der Waals surface area contributed by atoms with Crippen molar-refractivity contribution in [1.29, 1.82) is 0 Å². The molecule has 0 aromatic carbocycles. The minimum absolute atomic E-state index is 0.477. The van der Waals surface area contributed by atoms with Crippen molar-refractivity contribution >= 4 is 28.9 Å². The van der Waals surface area contributed by atoms with Gasteiger partial charge in [-0.2, -0.15) is 0 Å². The van der Waals surface area contributed by atoms with Gasteiger partial charge in [-0.25, -0.2) is 9.97 Å². The van der Waals surface area contributed by atoms with Gasteiger partial charge in [0.1, 0.15) is 10.3 Å². The molecule has 2 heterocycles. The van der Waals surface area contributed by atoms with Crippen LogP contribution in [0, 0.1) is 0 Å². The van der Waals surface area contributed by atoms with Crippen LogP contribution in [-0.2, 0) is 6.54 Å². The van der Waals surface area contributed by atoms with Gasteiger partial charge in [0, 0.05) is 18.3 Å². The number of aromatic nitrogens is 2. The topological polar surface area (TPSA) is 37.8 Å². The summed E-state index contributed by atoms with van der Waals surface area (Å²) in [6.45, 7) is 0.607. The maximum atomic E-state index is 5.93. The Morgan fingerprint density at radius 2 is 2.00 bits per heavy atom. The molecule has 2 aromatic heterocycles. The Morgan fingerprint density at radius 3 is 2.69 bits per heavy atom. The molecule has 0 fully saturated rings. The first-order chi connectivity index (χ1) is 7.75. The molecule has 5 heteroatoms. The van der Waals surface area contributed by atoms with Gasteiger partial charge in [0.25, 0.3) is 0 Å². The zero-order chi connectivity index (χ0) is 11.4. The molecule has 0 spiro atoms. The number of hydrogen-bond acceptors (Lipinski definition) is 3. The first-order valence-corrected chi connectivity index (χ1v) is 5.46. The van der Waals surface area contributed by atoms with Gasteiger partial charge < -0.3 is 5.32 Å². The fourth-order valence-corrected chi connectivity index (χ4v) is 1.53. The molecular weight excluding hydrogens is 245 g/mol. The highest BCUT2D eigenvalue weighted by Crippen LogP contribution is 2.15. The van der Waals surface area contributed by atoms with Gasteiger partial charge >= 0.3 is 0 Å². The Labute approximate surface area is 103 Å². The number of rotatable bonds is 3. The molecule has 0 atom stereocenters. The number of hydrogen-bond donors (Lipinski definition) is 1. The maximum Gasteiger partial charge on any atom is 0.133 e. The number of halogens is 2. The van der Waals surface area contributed by atoms with Crippen LogP contribution < -0.4 is 5.32 Å². The van der Waals surface area contributed by atoms with Gasteiger partial charge in [0.05, 0.1) is 11.9 Å². The van der Waals surface area contributed by atoms with Crippen LogP contribution in [0.3, 0.4) is 0 Å². The summed E-state index contributed by atoms with van der Waals surface area (Å²) in [6.07, 6.45) is 3.34. The molecule has 0 saturated carbocycles. The van der Waals surface area contributed by atoms with Crippen molar-refractivity contribution in [1.82, 2.24) is 9.97 Å². The van der Waals surface area contributed by atoms with Crippen LogP contribution in [0.5, 0.6) is 0 Å². The molecule has 0 saturated heterocycles. The fourth-order valence-electron chi connectivity index (χ4n) is 1.23. The van der Waals surface area contributed by atoms with E-state index in [1.165, 1.54) is 0 Å². The molecule has 2 aromatic rings. The van der Waals surface area contributed by atoms with E-state index in [9.17, 15) is 0 Å². The SMILES string of the molecule is Clc1ccc(NCc2cccnc2Cl)cn1. The summed E-state index contributed by atoms with van der Waals surface area (Å²) in [7, 11) is 0. The van der Waals surface area contributed by atoms with Gasteiger partial charge in [0.2, 0.25) is 0 Å². The lowest BCUT2D eigenvalue weighted by Gasteiger charge is -2.06. The standard InChI is InChI=1S/C11H9Cl2N3/c12-10-4-3-9(7-16-10)15-6-8-2-1-5-14-11(8)13/h1-5,7,15H,6H2. The molecule has 0 amide bonds. The van der Waals surface area contributed by atoms with E-state index in [2.05, 4.69) is 15.3 Å². The van der Waals surface area contributed by atoms with Crippen molar-refractivity contribution in [2.24, 2.45) is 0 Å². The molecule has 0 bridgehead atoms. The molecule has 0 aliphatic heterocycles. The van der Waals surface area contributed by atoms with Crippen LogP contribution in [0.25, 0.3) is 0 Å². The summed E-state index contributed by atoms with van der Waals surface area (Å²) >= 11 is 11.6. The summed E-state index contributed by atoms with van der Waals surface area (Å²) in [4.78, 5) is 7.96. The van der Waals surface area contributed by atoms with Crippen molar-refractivity contribution in [3.63, 3.8) is 0 Å². The predicted molar refractivity (Wildman–Crippen MR) is 65.8 cm³/mol. The van der Waals surface area contributed by atoms with Crippen LogP contribution in [0.1, 0.15) is 5.56 Å². The monoisotopic (exact) mass is 253 g/mol. The molecule has 82 valence electrons. The summed E-state index contributed by atoms with van der Waals surface area (Å²) in [6, 6.07) is 7.36. The predicted octanol–water partition coefficient (Wildman–Crippen LogP) is 3.40. The molecule has 3 nitrogen and oxygen atoms in total. The Hall–Kier alpha value is -1.32. The van der Waals surface area contributed by atoms with Crippen LogP contribution in [0.2, 0.25) is 10.3 Å². The van der Waals surface area contributed by atoms with Crippen molar-refractivity contribution in [3.8, 4) is 0 Å². The minimum atomic E-state index is 0.477. The second kappa shape index (κ2) is 5.14. The summed E-state index contributed by atoms with van der Waals surface area (Å²) < 4.78 is 0. The van der Waals surface area contributed by atoms with Gasteiger partial charge in [-0.05, 0) is 18.2 Å². The zero-order valence-electron chi connectivity index (χ0n) is 8.32. The first kappa shape index (κ1) is 11.2. The van der Waals surface area contributed by atoms with Crippen LogP contribution in [-0.4, -0.2) is 9.97 Å². The third kappa shape index (κ3) is 2.84. The quantitative estimate of drug-likeness (QED) is 0.853. The van der Waals surface area contributed by atoms with E-state index in [4.69, 9.17) is 23.2 Å². The number of anilines is 1. The molecule has 0 aliphatic carbocycles. The van der Waals surface area contributed by atoms with Gasteiger partial charge in [-0.1, -0.05) is 29.3 Å². The van der Waals surface area contributed by atoms with Crippen molar-refractivity contribution in [2.45, 2.75) is 6.54 Å². The largest absolute Gasteiger partial charge is 0.380 e. The van der Waals surface area contributed by atoms with E-state index in [0.29, 0.717) is 16.9 Å². The lowest BCUT2D eigenvalue weighted by molar-refractivity contribution is 1.11. The molecule has 16 heavy (non-hydrogen) atoms. The van der Waals surface area contributed by atoms with Crippen molar-refractivity contribution in [3.05, 3.63) is 52.5 Å². The summed E-state index contributed by atoms with van der Waals surface area (Å²) in [5.41, 5.74) is 1.84. The Bertz CT molecular complexity index is 471.